The SMILES string of the molecule is CN=C(NCCCOC(C)c1ccccc1)NCC1CCS(=O)(=O)C1. The second kappa shape index (κ2) is 9.77. The zero-order valence-corrected chi connectivity index (χ0v) is 15.9. The molecule has 1 aromatic rings. The van der Waals surface area contributed by atoms with Crippen LogP contribution < -0.4 is 10.6 Å². The van der Waals surface area contributed by atoms with Gasteiger partial charge in [-0.05, 0) is 31.2 Å². The lowest BCUT2D eigenvalue weighted by atomic mass is 10.1. The van der Waals surface area contributed by atoms with E-state index in [4.69, 9.17) is 4.74 Å². The fourth-order valence-corrected chi connectivity index (χ4v) is 4.72. The van der Waals surface area contributed by atoms with Gasteiger partial charge in [0.15, 0.2) is 15.8 Å². The van der Waals surface area contributed by atoms with E-state index in [2.05, 4.69) is 34.7 Å². The number of rotatable bonds is 8. The average Bonchev–Trinajstić information content (AvgIpc) is 2.96. The number of sulfone groups is 1. The summed E-state index contributed by atoms with van der Waals surface area (Å²) in [5.41, 5.74) is 1.18. The second-order valence-electron chi connectivity index (χ2n) is 6.43. The lowest BCUT2D eigenvalue weighted by Crippen LogP contribution is -2.40. The van der Waals surface area contributed by atoms with E-state index in [0.29, 0.717) is 24.9 Å². The Balaban J connectivity index is 1.58. The molecule has 7 heteroatoms. The Morgan fingerprint density at radius 3 is 2.72 bits per heavy atom. The Morgan fingerprint density at radius 2 is 2.08 bits per heavy atom. The Labute approximate surface area is 151 Å². The number of hydrogen-bond acceptors (Lipinski definition) is 4. The first kappa shape index (κ1) is 19.7. The highest BCUT2D eigenvalue weighted by Gasteiger charge is 2.27. The van der Waals surface area contributed by atoms with Crippen molar-refractivity contribution in [1.82, 2.24) is 10.6 Å². The van der Waals surface area contributed by atoms with Crippen LogP contribution in [0.25, 0.3) is 0 Å². The third-order valence-electron chi connectivity index (χ3n) is 4.36. The Bertz CT molecular complexity index is 647. The van der Waals surface area contributed by atoms with E-state index in [9.17, 15) is 8.42 Å². The van der Waals surface area contributed by atoms with Crippen LogP contribution in [0.5, 0.6) is 0 Å². The van der Waals surface area contributed by atoms with Gasteiger partial charge in [-0.1, -0.05) is 30.3 Å². The maximum atomic E-state index is 11.5. The molecule has 0 aromatic heterocycles. The average molecular weight is 368 g/mol. The first-order valence-electron chi connectivity index (χ1n) is 8.81. The van der Waals surface area contributed by atoms with Gasteiger partial charge in [0.2, 0.25) is 0 Å². The molecule has 0 aliphatic carbocycles. The van der Waals surface area contributed by atoms with E-state index in [1.807, 2.05) is 18.2 Å². The predicted octanol–water partition coefficient (Wildman–Crippen LogP) is 1.75. The molecule has 1 aromatic carbocycles. The molecule has 1 aliphatic heterocycles. The van der Waals surface area contributed by atoms with Gasteiger partial charge < -0.3 is 15.4 Å². The van der Waals surface area contributed by atoms with Crippen LogP contribution in [-0.4, -0.2) is 52.6 Å². The first-order chi connectivity index (χ1) is 12.0. The number of aliphatic imine (C=N–C) groups is 1. The van der Waals surface area contributed by atoms with Gasteiger partial charge >= 0.3 is 0 Å². The fraction of sp³-hybridized carbons (Fsp3) is 0.611. The summed E-state index contributed by atoms with van der Waals surface area (Å²) in [5.74, 6) is 1.48. The summed E-state index contributed by atoms with van der Waals surface area (Å²) in [6, 6.07) is 10.2. The molecule has 2 rings (SSSR count). The van der Waals surface area contributed by atoms with E-state index in [1.54, 1.807) is 7.05 Å². The minimum atomic E-state index is -2.82. The third-order valence-corrected chi connectivity index (χ3v) is 6.20. The van der Waals surface area contributed by atoms with Crippen LogP contribution in [0.4, 0.5) is 0 Å². The van der Waals surface area contributed by atoms with E-state index in [0.717, 1.165) is 19.4 Å². The maximum absolute atomic E-state index is 11.5. The Hall–Kier alpha value is -1.60. The molecule has 0 saturated carbocycles. The van der Waals surface area contributed by atoms with Crippen LogP contribution in [0.2, 0.25) is 0 Å². The largest absolute Gasteiger partial charge is 0.374 e. The summed E-state index contributed by atoms with van der Waals surface area (Å²) in [4.78, 5) is 4.17. The number of nitrogens with zero attached hydrogens (tertiary/aromatic N) is 1. The fourth-order valence-electron chi connectivity index (χ4n) is 2.85. The van der Waals surface area contributed by atoms with E-state index in [-0.39, 0.29) is 17.8 Å². The minimum Gasteiger partial charge on any atom is -0.374 e. The number of nitrogens with one attached hydrogen (secondary N) is 2. The lowest BCUT2D eigenvalue weighted by molar-refractivity contribution is 0.0646. The van der Waals surface area contributed by atoms with Gasteiger partial charge in [0, 0.05) is 26.7 Å². The molecular formula is C18H29N3O3S. The molecule has 2 N–H and O–H groups in total. The lowest BCUT2D eigenvalue weighted by Gasteiger charge is -2.16. The van der Waals surface area contributed by atoms with Gasteiger partial charge in [0.1, 0.15) is 0 Å². The van der Waals surface area contributed by atoms with Gasteiger partial charge in [-0.3, -0.25) is 4.99 Å². The number of benzene rings is 1. The van der Waals surface area contributed by atoms with Crippen LogP contribution in [0.3, 0.4) is 0 Å². The molecule has 1 heterocycles. The Kier molecular flexibility index (Phi) is 7.71. The molecule has 0 amide bonds. The van der Waals surface area contributed by atoms with Gasteiger partial charge in [-0.15, -0.1) is 0 Å². The molecule has 0 bridgehead atoms. The Morgan fingerprint density at radius 1 is 1.32 bits per heavy atom. The van der Waals surface area contributed by atoms with Crippen LogP contribution in [-0.2, 0) is 14.6 Å². The smallest absolute Gasteiger partial charge is 0.190 e. The van der Waals surface area contributed by atoms with E-state index in [1.165, 1.54) is 5.56 Å². The van der Waals surface area contributed by atoms with Crippen molar-refractivity contribution < 1.29 is 13.2 Å². The van der Waals surface area contributed by atoms with Crippen molar-refractivity contribution in [3.63, 3.8) is 0 Å². The highest BCUT2D eigenvalue weighted by Crippen LogP contribution is 2.17. The van der Waals surface area contributed by atoms with Crippen molar-refractivity contribution in [3.8, 4) is 0 Å². The quantitative estimate of drug-likeness (QED) is 0.416. The van der Waals surface area contributed by atoms with Crippen molar-refractivity contribution in [1.29, 1.82) is 0 Å². The van der Waals surface area contributed by atoms with Crippen molar-refractivity contribution >= 4 is 15.8 Å². The van der Waals surface area contributed by atoms with Crippen molar-refractivity contribution in [2.45, 2.75) is 25.9 Å². The molecule has 6 nitrogen and oxygen atoms in total. The summed E-state index contributed by atoms with van der Waals surface area (Å²) in [6.07, 6.45) is 1.69. The number of hydrogen-bond donors (Lipinski definition) is 2. The highest BCUT2D eigenvalue weighted by atomic mass is 32.2. The van der Waals surface area contributed by atoms with Gasteiger partial charge in [0.05, 0.1) is 17.6 Å². The summed E-state index contributed by atoms with van der Waals surface area (Å²) in [5, 5.41) is 6.45. The molecular weight excluding hydrogens is 338 g/mol. The molecule has 1 saturated heterocycles. The standard InChI is InChI=1S/C18H29N3O3S/c1-15(17-7-4-3-5-8-17)24-11-6-10-20-18(19-2)21-13-16-9-12-25(22,23)14-16/h3-5,7-8,15-16H,6,9-14H2,1-2H3,(H2,19,20,21). The van der Waals surface area contributed by atoms with Crippen LogP contribution in [0, 0.1) is 5.92 Å². The van der Waals surface area contributed by atoms with Gasteiger partial charge in [-0.25, -0.2) is 8.42 Å². The molecule has 140 valence electrons. The first-order valence-corrected chi connectivity index (χ1v) is 10.6. The van der Waals surface area contributed by atoms with Gasteiger partial charge in [0.25, 0.3) is 0 Å². The highest BCUT2D eigenvalue weighted by molar-refractivity contribution is 7.91. The molecule has 2 atom stereocenters. The molecule has 0 spiro atoms. The maximum Gasteiger partial charge on any atom is 0.190 e. The molecule has 1 aliphatic rings. The van der Waals surface area contributed by atoms with E-state index < -0.39 is 9.84 Å². The molecule has 1 fully saturated rings. The monoisotopic (exact) mass is 367 g/mol. The van der Waals surface area contributed by atoms with Gasteiger partial charge in [-0.2, -0.15) is 0 Å². The predicted molar refractivity (Wildman–Crippen MR) is 102 cm³/mol. The van der Waals surface area contributed by atoms with Crippen molar-refractivity contribution in [2.24, 2.45) is 10.9 Å². The number of ether oxygens (including phenoxy) is 1. The van der Waals surface area contributed by atoms with Crippen molar-refractivity contribution in [2.75, 3.05) is 38.2 Å². The van der Waals surface area contributed by atoms with Crippen LogP contribution >= 0.6 is 0 Å². The van der Waals surface area contributed by atoms with Crippen molar-refractivity contribution in [3.05, 3.63) is 35.9 Å². The summed E-state index contributed by atoms with van der Waals surface area (Å²) >= 11 is 0. The molecule has 0 radical (unpaired) electrons. The topological polar surface area (TPSA) is 79.8 Å². The second-order valence-corrected chi connectivity index (χ2v) is 8.65. The normalized spacial score (nSPS) is 21.0. The zero-order chi connectivity index (χ0) is 18.1. The van der Waals surface area contributed by atoms with Crippen LogP contribution in [0.15, 0.2) is 35.3 Å². The summed E-state index contributed by atoms with van der Waals surface area (Å²) in [6.45, 7) is 4.12. The summed E-state index contributed by atoms with van der Waals surface area (Å²) < 4.78 is 28.8. The number of guanidine groups is 1. The minimum absolute atomic E-state index is 0.0861. The summed E-state index contributed by atoms with van der Waals surface area (Å²) in [7, 11) is -1.11. The van der Waals surface area contributed by atoms with E-state index >= 15 is 0 Å². The third kappa shape index (κ3) is 7.04. The molecule has 2 unspecified atom stereocenters. The zero-order valence-electron chi connectivity index (χ0n) is 15.1. The molecule has 25 heavy (non-hydrogen) atoms. The van der Waals surface area contributed by atoms with Crippen LogP contribution in [0.1, 0.15) is 31.4 Å².